The Morgan fingerprint density at radius 2 is 2.00 bits per heavy atom. The van der Waals surface area contributed by atoms with Crippen molar-refractivity contribution in [2.45, 2.75) is 19.9 Å². The maximum atomic E-state index is 11.7. The predicted octanol–water partition coefficient (Wildman–Crippen LogP) is 1.04. The third-order valence-electron chi connectivity index (χ3n) is 3.76. The van der Waals surface area contributed by atoms with E-state index in [0.717, 1.165) is 12.0 Å². The summed E-state index contributed by atoms with van der Waals surface area (Å²) < 4.78 is 5.32. The minimum absolute atomic E-state index is 0.103. The van der Waals surface area contributed by atoms with Crippen molar-refractivity contribution in [2.24, 2.45) is 10.7 Å². The maximum Gasteiger partial charge on any atom is 0.284 e. The fraction of sp³-hybridized carbons (Fsp3) is 0.316. The quantitative estimate of drug-likeness (QED) is 0.408. The molecule has 0 spiro atoms. The number of furan rings is 1. The molecule has 0 aliphatic heterocycles. The van der Waals surface area contributed by atoms with Crippen molar-refractivity contribution in [1.29, 1.82) is 0 Å². The smallest absolute Gasteiger partial charge is 0.284 e. The van der Waals surface area contributed by atoms with Gasteiger partial charge < -0.3 is 26.1 Å². The van der Waals surface area contributed by atoms with E-state index in [4.69, 9.17) is 10.2 Å². The molecule has 0 radical (unpaired) electrons. The SMILES string of the molecule is CCNC(=NCc1ccc(C(N)=O)o1)NCCc1cccc(C(=O)NC)c1. The Hall–Kier alpha value is -3.29. The minimum atomic E-state index is -0.603. The Labute approximate surface area is 158 Å². The molecule has 27 heavy (non-hydrogen) atoms. The van der Waals surface area contributed by atoms with E-state index in [1.54, 1.807) is 19.2 Å². The number of carbonyl (C=O) groups is 2. The zero-order chi connectivity index (χ0) is 19.6. The molecule has 1 aromatic carbocycles. The number of carbonyl (C=O) groups excluding carboxylic acids is 2. The van der Waals surface area contributed by atoms with Crippen molar-refractivity contribution in [1.82, 2.24) is 16.0 Å². The number of benzene rings is 1. The van der Waals surface area contributed by atoms with E-state index in [9.17, 15) is 9.59 Å². The average Bonchev–Trinajstić information content (AvgIpc) is 3.15. The van der Waals surface area contributed by atoms with Gasteiger partial charge in [-0.05, 0) is 43.2 Å². The molecule has 1 aromatic heterocycles. The van der Waals surface area contributed by atoms with Gasteiger partial charge in [-0.1, -0.05) is 12.1 Å². The van der Waals surface area contributed by atoms with Gasteiger partial charge in [0.25, 0.3) is 11.8 Å². The van der Waals surface area contributed by atoms with Gasteiger partial charge in [-0.25, -0.2) is 4.99 Å². The van der Waals surface area contributed by atoms with Crippen LogP contribution >= 0.6 is 0 Å². The van der Waals surface area contributed by atoms with Crippen LogP contribution in [-0.4, -0.2) is 37.9 Å². The Kier molecular flexibility index (Phi) is 7.42. The third-order valence-corrected chi connectivity index (χ3v) is 3.76. The van der Waals surface area contributed by atoms with E-state index in [0.29, 0.717) is 30.4 Å². The van der Waals surface area contributed by atoms with Crippen molar-refractivity contribution in [3.05, 3.63) is 59.0 Å². The van der Waals surface area contributed by atoms with E-state index in [-0.39, 0.29) is 18.2 Å². The first-order valence-corrected chi connectivity index (χ1v) is 8.75. The highest BCUT2D eigenvalue weighted by Crippen LogP contribution is 2.08. The first-order chi connectivity index (χ1) is 13.0. The summed E-state index contributed by atoms with van der Waals surface area (Å²) >= 11 is 0. The normalized spacial score (nSPS) is 11.1. The lowest BCUT2D eigenvalue weighted by Crippen LogP contribution is -2.38. The molecule has 0 bridgehead atoms. The molecule has 0 unspecified atom stereocenters. The van der Waals surface area contributed by atoms with Crippen molar-refractivity contribution >= 4 is 17.8 Å². The number of primary amides is 1. The number of hydrogen-bond donors (Lipinski definition) is 4. The molecular formula is C19H25N5O3. The van der Waals surface area contributed by atoms with Gasteiger partial charge >= 0.3 is 0 Å². The monoisotopic (exact) mass is 371 g/mol. The summed E-state index contributed by atoms with van der Waals surface area (Å²) in [6.07, 6.45) is 0.738. The Bertz CT molecular complexity index is 813. The number of hydrogen-bond acceptors (Lipinski definition) is 4. The molecule has 8 nitrogen and oxygen atoms in total. The number of amides is 2. The fourth-order valence-electron chi connectivity index (χ4n) is 2.43. The van der Waals surface area contributed by atoms with Crippen molar-refractivity contribution < 1.29 is 14.0 Å². The molecule has 1 heterocycles. The molecule has 8 heteroatoms. The van der Waals surface area contributed by atoms with Gasteiger partial charge in [0.2, 0.25) is 0 Å². The summed E-state index contributed by atoms with van der Waals surface area (Å²) in [7, 11) is 1.61. The maximum absolute atomic E-state index is 11.7. The number of guanidine groups is 1. The summed E-state index contributed by atoms with van der Waals surface area (Å²) in [5.74, 6) is 0.605. The van der Waals surface area contributed by atoms with Crippen molar-refractivity contribution in [3.8, 4) is 0 Å². The van der Waals surface area contributed by atoms with Gasteiger partial charge in [-0.15, -0.1) is 0 Å². The summed E-state index contributed by atoms with van der Waals surface area (Å²) in [5.41, 5.74) is 6.86. The molecular weight excluding hydrogens is 346 g/mol. The van der Waals surface area contributed by atoms with Crippen LogP contribution in [0.2, 0.25) is 0 Å². The van der Waals surface area contributed by atoms with Gasteiger partial charge in [-0.2, -0.15) is 0 Å². The second-order valence-corrected chi connectivity index (χ2v) is 5.78. The second-order valence-electron chi connectivity index (χ2n) is 5.78. The predicted molar refractivity (Wildman–Crippen MR) is 104 cm³/mol. The zero-order valence-electron chi connectivity index (χ0n) is 15.5. The number of nitrogens with two attached hydrogens (primary N) is 1. The van der Waals surface area contributed by atoms with Gasteiger partial charge in [0.1, 0.15) is 12.3 Å². The van der Waals surface area contributed by atoms with Crippen LogP contribution in [0.1, 0.15) is 39.2 Å². The lowest BCUT2D eigenvalue weighted by Gasteiger charge is -2.11. The molecule has 0 fully saturated rings. The first-order valence-electron chi connectivity index (χ1n) is 8.75. The largest absolute Gasteiger partial charge is 0.454 e. The summed E-state index contributed by atoms with van der Waals surface area (Å²) in [5, 5.41) is 9.00. The number of nitrogens with zero attached hydrogens (tertiary/aromatic N) is 1. The highest BCUT2D eigenvalue weighted by molar-refractivity contribution is 5.94. The topological polar surface area (TPSA) is 122 Å². The number of aliphatic imine (C=N–C) groups is 1. The molecule has 2 rings (SSSR count). The van der Waals surface area contributed by atoms with E-state index >= 15 is 0 Å². The molecule has 0 saturated carbocycles. The van der Waals surface area contributed by atoms with Gasteiger partial charge in [0.05, 0.1) is 0 Å². The molecule has 0 atom stereocenters. The van der Waals surface area contributed by atoms with E-state index < -0.39 is 5.91 Å². The lowest BCUT2D eigenvalue weighted by molar-refractivity contribution is 0.0958. The lowest BCUT2D eigenvalue weighted by atomic mass is 10.1. The van der Waals surface area contributed by atoms with Crippen LogP contribution in [0.3, 0.4) is 0 Å². The minimum Gasteiger partial charge on any atom is -0.454 e. The summed E-state index contributed by atoms with van der Waals surface area (Å²) in [4.78, 5) is 27.2. The van der Waals surface area contributed by atoms with Gasteiger partial charge in [0, 0.05) is 25.7 Å². The highest BCUT2D eigenvalue weighted by Gasteiger charge is 2.07. The molecule has 2 aromatic rings. The molecule has 2 amide bonds. The van der Waals surface area contributed by atoms with E-state index in [1.165, 1.54) is 6.07 Å². The van der Waals surface area contributed by atoms with Crippen LogP contribution in [0.15, 0.2) is 45.8 Å². The average molecular weight is 371 g/mol. The van der Waals surface area contributed by atoms with E-state index in [2.05, 4.69) is 20.9 Å². The first kappa shape index (κ1) is 20.0. The molecule has 144 valence electrons. The number of rotatable bonds is 8. The summed E-state index contributed by atoms with van der Waals surface area (Å²) in [6, 6.07) is 10.7. The Balaban J connectivity index is 1.91. The Morgan fingerprint density at radius 1 is 1.19 bits per heavy atom. The third kappa shape index (κ3) is 6.18. The molecule has 0 saturated heterocycles. The van der Waals surface area contributed by atoms with Gasteiger partial charge in [-0.3, -0.25) is 9.59 Å². The summed E-state index contributed by atoms with van der Waals surface area (Å²) in [6.45, 7) is 3.62. The molecule has 0 aliphatic carbocycles. The zero-order valence-corrected chi connectivity index (χ0v) is 15.5. The van der Waals surface area contributed by atoms with Crippen LogP contribution in [0.25, 0.3) is 0 Å². The molecule has 0 aliphatic rings. The standard InChI is InChI=1S/C19H25N5O3/c1-3-22-19(24-12-15-7-8-16(27-15)17(20)25)23-10-9-13-5-4-6-14(11-13)18(26)21-2/h4-8,11H,3,9-10,12H2,1-2H3,(H2,20,25)(H,21,26)(H2,22,23,24). The van der Waals surface area contributed by atoms with Crippen LogP contribution in [0.4, 0.5) is 0 Å². The second kappa shape index (κ2) is 10.0. The highest BCUT2D eigenvalue weighted by atomic mass is 16.3. The van der Waals surface area contributed by atoms with Crippen molar-refractivity contribution in [3.63, 3.8) is 0 Å². The van der Waals surface area contributed by atoms with Crippen LogP contribution in [0.5, 0.6) is 0 Å². The van der Waals surface area contributed by atoms with Gasteiger partial charge in [0.15, 0.2) is 11.7 Å². The Morgan fingerprint density at radius 3 is 2.67 bits per heavy atom. The fourth-order valence-corrected chi connectivity index (χ4v) is 2.43. The van der Waals surface area contributed by atoms with E-state index in [1.807, 2.05) is 25.1 Å². The number of nitrogens with one attached hydrogen (secondary N) is 3. The molecule has 5 N–H and O–H groups in total. The van der Waals surface area contributed by atoms with Crippen LogP contribution < -0.4 is 21.7 Å². The van der Waals surface area contributed by atoms with Crippen LogP contribution in [0, 0.1) is 0 Å². The van der Waals surface area contributed by atoms with Crippen molar-refractivity contribution in [2.75, 3.05) is 20.1 Å². The van der Waals surface area contributed by atoms with Crippen LogP contribution in [-0.2, 0) is 13.0 Å².